The minimum absolute atomic E-state index is 0.273. The number of hydrogen-bond donors (Lipinski definition) is 5. The Morgan fingerprint density at radius 2 is 1.74 bits per heavy atom. The van der Waals surface area contributed by atoms with Crippen LogP contribution >= 0.6 is 0 Å². The standard InChI is InChI=1S/C17H21N5O/c1-8-6-14(20)16(21)9(2)15(8)17(23)22-11-4-5-13(19)12(7-11)10(3)18/h4-7,18H,19-21H2,1-3H3,(H,22,23). The zero-order valence-electron chi connectivity index (χ0n) is 13.4. The van der Waals surface area contributed by atoms with Gasteiger partial charge in [0.15, 0.2) is 0 Å². The summed E-state index contributed by atoms with van der Waals surface area (Å²) >= 11 is 0. The molecule has 2 aromatic rings. The number of hydrogen-bond acceptors (Lipinski definition) is 5. The zero-order valence-corrected chi connectivity index (χ0v) is 13.4. The number of nitrogens with two attached hydrogens (primary N) is 3. The first-order chi connectivity index (χ1) is 10.7. The van der Waals surface area contributed by atoms with Gasteiger partial charge in [0.25, 0.3) is 5.91 Å². The van der Waals surface area contributed by atoms with Crippen LogP contribution in [0.15, 0.2) is 24.3 Å². The molecule has 23 heavy (non-hydrogen) atoms. The predicted octanol–water partition coefficient (Wildman–Crippen LogP) is 2.69. The third-order valence-corrected chi connectivity index (χ3v) is 3.80. The van der Waals surface area contributed by atoms with Crippen LogP contribution in [0, 0.1) is 19.3 Å². The second-order valence-corrected chi connectivity index (χ2v) is 5.58. The molecule has 0 aliphatic heterocycles. The van der Waals surface area contributed by atoms with E-state index < -0.39 is 0 Å². The Kier molecular flexibility index (Phi) is 4.27. The summed E-state index contributed by atoms with van der Waals surface area (Å²) in [5, 5.41) is 10.5. The van der Waals surface area contributed by atoms with Crippen LogP contribution in [0.3, 0.4) is 0 Å². The van der Waals surface area contributed by atoms with Crippen LogP contribution in [0.4, 0.5) is 22.7 Å². The van der Waals surface area contributed by atoms with E-state index in [0.29, 0.717) is 45.2 Å². The van der Waals surface area contributed by atoms with Crippen molar-refractivity contribution in [1.29, 1.82) is 5.41 Å². The number of aryl methyl sites for hydroxylation is 1. The summed E-state index contributed by atoms with van der Waals surface area (Å²) in [5.74, 6) is -0.273. The summed E-state index contributed by atoms with van der Waals surface area (Å²) in [4.78, 5) is 12.6. The molecule has 0 saturated heterocycles. The van der Waals surface area contributed by atoms with Gasteiger partial charge in [-0.1, -0.05) is 0 Å². The lowest BCUT2D eigenvalue weighted by molar-refractivity contribution is 0.102. The van der Waals surface area contributed by atoms with Crippen molar-refractivity contribution in [2.45, 2.75) is 20.8 Å². The highest BCUT2D eigenvalue weighted by Gasteiger charge is 2.17. The van der Waals surface area contributed by atoms with Crippen LogP contribution in [0.25, 0.3) is 0 Å². The van der Waals surface area contributed by atoms with Crippen LogP contribution in [0.2, 0.25) is 0 Å². The van der Waals surface area contributed by atoms with E-state index in [-0.39, 0.29) is 5.91 Å². The second kappa shape index (κ2) is 6.00. The number of anilines is 4. The number of benzene rings is 2. The van der Waals surface area contributed by atoms with Gasteiger partial charge >= 0.3 is 0 Å². The molecule has 0 bridgehead atoms. The highest BCUT2D eigenvalue weighted by molar-refractivity contribution is 6.09. The molecule has 8 N–H and O–H groups in total. The van der Waals surface area contributed by atoms with Gasteiger partial charge in [0, 0.05) is 28.2 Å². The molecular weight excluding hydrogens is 290 g/mol. The Morgan fingerprint density at radius 1 is 1.09 bits per heavy atom. The average Bonchev–Trinajstić information content (AvgIpc) is 2.46. The Hall–Kier alpha value is -3.02. The Morgan fingerprint density at radius 3 is 2.35 bits per heavy atom. The quantitative estimate of drug-likeness (QED) is 0.440. The van der Waals surface area contributed by atoms with Crippen LogP contribution in [-0.2, 0) is 0 Å². The van der Waals surface area contributed by atoms with E-state index in [0.717, 1.165) is 5.56 Å². The molecule has 2 rings (SSSR count). The van der Waals surface area contributed by atoms with E-state index in [9.17, 15) is 4.79 Å². The molecule has 6 nitrogen and oxygen atoms in total. The van der Waals surface area contributed by atoms with E-state index in [1.807, 2.05) is 6.92 Å². The monoisotopic (exact) mass is 311 g/mol. The number of carbonyl (C=O) groups excluding carboxylic acids is 1. The highest BCUT2D eigenvalue weighted by atomic mass is 16.1. The van der Waals surface area contributed by atoms with Crippen LogP contribution < -0.4 is 22.5 Å². The van der Waals surface area contributed by atoms with Crippen molar-refractivity contribution >= 4 is 34.4 Å². The fourth-order valence-corrected chi connectivity index (χ4v) is 2.53. The lowest BCUT2D eigenvalue weighted by Crippen LogP contribution is -2.17. The fraction of sp³-hybridized carbons (Fsp3) is 0.176. The Bertz CT molecular complexity index is 811. The average molecular weight is 311 g/mol. The van der Waals surface area contributed by atoms with Gasteiger partial charge in [-0.25, -0.2) is 0 Å². The molecule has 0 aromatic heterocycles. The summed E-state index contributed by atoms with van der Waals surface area (Å²) in [5.41, 5.74) is 22.3. The smallest absolute Gasteiger partial charge is 0.256 e. The maximum absolute atomic E-state index is 12.6. The van der Waals surface area contributed by atoms with Crippen molar-refractivity contribution < 1.29 is 4.79 Å². The molecule has 6 heteroatoms. The predicted molar refractivity (Wildman–Crippen MR) is 96.1 cm³/mol. The van der Waals surface area contributed by atoms with Crippen molar-refractivity contribution in [2.75, 3.05) is 22.5 Å². The number of nitrogen functional groups attached to an aromatic ring is 3. The summed E-state index contributed by atoms with van der Waals surface area (Å²) in [6, 6.07) is 6.74. The lowest BCUT2D eigenvalue weighted by atomic mass is 9.99. The third-order valence-electron chi connectivity index (χ3n) is 3.80. The van der Waals surface area contributed by atoms with Gasteiger partial charge in [0.05, 0.1) is 11.4 Å². The van der Waals surface area contributed by atoms with Gasteiger partial charge in [0.2, 0.25) is 0 Å². The SMILES string of the molecule is CC(=N)c1cc(NC(=O)c2c(C)cc(N)c(N)c2C)ccc1N. The molecule has 0 spiro atoms. The van der Waals surface area contributed by atoms with Gasteiger partial charge < -0.3 is 27.9 Å². The van der Waals surface area contributed by atoms with E-state index in [1.165, 1.54) is 0 Å². The zero-order chi connectivity index (χ0) is 17.3. The number of carbonyl (C=O) groups is 1. The molecule has 0 aliphatic carbocycles. The molecule has 2 aromatic carbocycles. The maximum atomic E-state index is 12.6. The van der Waals surface area contributed by atoms with E-state index in [1.54, 1.807) is 38.1 Å². The van der Waals surface area contributed by atoms with E-state index in [2.05, 4.69) is 5.32 Å². The summed E-state index contributed by atoms with van der Waals surface area (Å²) in [7, 11) is 0. The third kappa shape index (κ3) is 3.11. The minimum atomic E-state index is -0.273. The van der Waals surface area contributed by atoms with Crippen molar-refractivity contribution in [2.24, 2.45) is 0 Å². The summed E-state index contributed by atoms with van der Waals surface area (Å²) in [6.45, 7) is 5.23. The van der Waals surface area contributed by atoms with E-state index >= 15 is 0 Å². The normalized spacial score (nSPS) is 10.4. The second-order valence-electron chi connectivity index (χ2n) is 5.58. The molecule has 0 heterocycles. The molecule has 0 radical (unpaired) electrons. The van der Waals surface area contributed by atoms with Crippen molar-refractivity contribution in [1.82, 2.24) is 0 Å². The van der Waals surface area contributed by atoms with Crippen LogP contribution in [0.1, 0.15) is 34.0 Å². The van der Waals surface area contributed by atoms with Crippen LogP contribution in [-0.4, -0.2) is 11.6 Å². The molecule has 0 saturated carbocycles. The molecule has 0 aliphatic rings. The largest absolute Gasteiger partial charge is 0.398 e. The van der Waals surface area contributed by atoms with Crippen molar-refractivity contribution in [3.8, 4) is 0 Å². The van der Waals surface area contributed by atoms with Crippen molar-refractivity contribution in [3.63, 3.8) is 0 Å². The van der Waals surface area contributed by atoms with Gasteiger partial charge in [-0.3, -0.25) is 4.79 Å². The van der Waals surface area contributed by atoms with E-state index in [4.69, 9.17) is 22.6 Å². The lowest BCUT2D eigenvalue weighted by Gasteiger charge is -2.15. The van der Waals surface area contributed by atoms with Gasteiger partial charge in [-0.05, 0) is 56.2 Å². The van der Waals surface area contributed by atoms with Gasteiger partial charge in [0.1, 0.15) is 0 Å². The fourth-order valence-electron chi connectivity index (χ4n) is 2.53. The molecule has 0 fully saturated rings. The first-order valence-corrected chi connectivity index (χ1v) is 7.14. The van der Waals surface area contributed by atoms with Crippen molar-refractivity contribution in [3.05, 3.63) is 46.5 Å². The number of rotatable bonds is 3. The van der Waals surface area contributed by atoms with Gasteiger partial charge in [-0.2, -0.15) is 0 Å². The molecule has 0 atom stereocenters. The number of nitrogens with one attached hydrogen (secondary N) is 2. The topological polar surface area (TPSA) is 131 Å². The molecule has 1 amide bonds. The highest BCUT2D eigenvalue weighted by Crippen LogP contribution is 2.27. The van der Waals surface area contributed by atoms with Gasteiger partial charge in [-0.15, -0.1) is 0 Å². The molecular formula is C17H21N5O. The summed E-state index contributed by atoms with van der Waals surface area (Å²) < 4.78 is 0. The molecule has 120 valence electrons. The first-order valence-electron chi connectivity index (χ1n) is 7.14. The van der Waals surface area contributed by atoms with Crippen LogP contribution in [0.5, 0.6) is 0 Å². The maximum Gasteiger partial charge on any atom is 0.256 e. The minimum Gasteiger partial charge on any atom is -0.398 e. The molecule has 0 unspecified atom stereocenters. The Labute approximate surface area is 135 Å². The first kappa shape index (κ1) is 16.4. The Balaban J connectivity index is 2.39. The number of amides is 1. The summed E-state index contributed by atoms with van der Waals surface area (Å²) in [6.07, 6.45) is 0.